The van der Waals surface area contributed by atoms with E-state index in [-0.39, 0.29) is 17.5 Å². The lowest BCUT2D eigenvalue weighted by Crippen LogP contribution is -2.57. The van der Waals surface area contributed by atoms with E-state index in [1.807, 2.05) is 5.57 Å². The minimum absolute atomic E-state index is 0.0943. The highest BCUT2D eigenvalue weighted by Gasteiger charge is 2.82. The van der Waals surface area contributed by atoms with Gasteiger partial charge in [-0.25, -0.2) is 0 Å². The average molecular weight is 469 g/mol. The first-order valence-electron chi connectivity index (χ1n) is 14.7. The van der Waals surface area contributed by atoms with E-state index in [9.17, 15) is 4.79 Å². The summed E-state index contributed by atoms with van der Waals surface area (Å²) >= 11 is 0. The van der Waals surface area contributed by atoms with Crippen molar-refractivity contribution in [1.82, 2.24) is 0 Å². The normalized spacial score (nSPS) is 47.9. The first kappa shape index (κ1) is 24.9. The fraction of sp³-hybridized carbons (Fsp3) is 0.906. The van der Waals surface area contributed by atoms with Crippen molar-refractivity contribution in [3.63, 3.8) is 0 Å². The minimum atomic E-state index is -0.0943. The van der Waals surface area contributed by atoms with Crippen molar-refractivity contribution in [2.75, 3.05) is 0 Å². The zero-order valence-electron chi connectivity index (χ0n) is 23.6. The molecular formula is C32H52O2. The Morgan fingerprint density at radius 3 is 2.29 bits per heavy atom. The third-order valence-electron chi connectivity index (χ3n) is 13.0. The lowest BCUT2D eigenvalue weighted by atomic mass is 9.42. The van der Waals surface area contributed by atoms with E-state index < -0.39 is 0 Å². The minimum Gasteiger partial charge on any atom is -0.462 e. The van der Waals surface area contributed by atoms with Gasteiger partial charge in [0, 0.05) is 12.3 Å². The van der Waals surface area contributed by atoms with Crippen molar-refractivity contribution in [3.05, 3.63) is 11.1 Å². The maximum atomic E-state index is 11.8. The summed E-state index contributed by atoms with van der Waals surface area (Å²) in [5.74, 6) is 2.33. The molecule has 0 N–H and O–H groups in total. The van der Waals surface area contributed by atoms with Crippen LogP contribution in [0.1, 0.15) is 132 Å². The zero-order chi connectivity index (χ0) is 24.7. The molecule has 0 aromatic carbocycles. The van der Waals surface area contributed by atoms with Gasteiger partial charge in [-0.15, -0.1) is 0 Å². The highest BCUT2D eigenvalue weighted by atomic mass is 16.5. The number of carbonyl (C=O) groups is 1. The maximum Gasteiger partial charge on any atom is 0.302 e. The predicted octanol–water partition coefficient (Wildman–Crippen LogP) is 8.88. The van der Waals surface area contributed by atoms with Gasteiger partial charge in [0.15, 0.2) is 0 Å². The quantitative estimate of drug-likeness (QED) is 0.297. The Bertz CT molecular complexity index is 881. The molecule has 5 saturated carbocycles. The van der Waals surface area contributed by atoms with Crippen LogP contribution >= 0.6 is 0 Å². The lowest BCUT2D eigenvalue weighted by Gasteiger charge is -2.62. The molecule has 5 aliphatic rings. The van der Waals surface area contributed by atoms with Crippen molar-refractivity contribution in [2.24, 2.45) is 44.8 Å². The number of ether oxygens (including phenoxy) is 1. The maximum absolute atomic E-state index is 11.8. The Kier molecular flexibility index (Phi) is 5.75. The molecule has 2 spiro atoms. The van der Waals surface area contributed by atoms with Gasteiger partial charge >= 0.3 is 5.97 Å². The molecule has 34 heavy (non-hydrogen) atoms. The average Bonchev–Trinajstić information content (AvgIpc) is 3.32. The summed E-state index contributed by atoms with van der Waals surface area (Å²) in [5.41, 5.74) is 5.68. The highest BCUT2D eigenvalue weighted by Crippen LogP contribution is 2.89. The Balaban J connectivity index is 1.41. The summed E-state index contributed by atoms with van der Waals surface area (Å²) in [7, 11) is 0. The van der Waals surface area contributed by atoms with Crippen molar-refractivity contribution in [3.8, 4) is 0 Å². The molecule has 0 aliphatic heterocycles. The molecule has 0 aromatic heterocycles. The van der Waals surface area contributed by atoms with Gasteiger partial charge in [-0.3, -0.25) is 4.79 Å². The van der Waals surface area contributed by atoms with Crippen LogP contribution in [-0.2, 0) is 9.53 Å². The second-order valence-electron chi connectivity index (χ2n) is 14.9. The molecule has 2 nitrogen and oxygen atoms in total. The summed E-state index contributed by atoms with van der Waals surface area (Å²) < 4.78 is 5.90. The van der Waals surface area contributed by atoms with E-state index in [1.54, 1.807) is 12.5 Å². The van der Waals surface area contributed by atoms with Gasteiger partial charge in [0.25, 0.3) is 0 Å². The third kappa shape index (κ3) is 3.14. The van der Waals surface area contributed by atoms with Gasteiger partial charge in [0.1, 0.15) is 6.10 Å². The van der Waals surface area contributed by atoms with Crippen LogP contribution in [-0.4, -0.2) is 12.1 Å². The molecule has 0 amide bonds. The smallest absolute Gasteiger partial charge is 0.302 e. The molecule has 192 valence electrons. The SMILES string of the molecule is CC(=O)O[C@H]1CC[C@]23C[C@]24CC[C@]2(C)/C(=C(\C)CCCC(C)C)CC[C@@]2(C)C4CCC3C1(C)C. The van der Waals surface area contributed by atoms with Crippen LogP contribution in [0.3, 0.4) is 0 Å². The van der Waals surface area contributed by atoms with Crippen LogP contribution in [0.25, 0.3) is 0 Å². The summed E-state index contributed by atoms with van der Waals surface area (Å²) in [4.78, 5) is 11.8. The second kappa shape index (κ2) is 7.85. The van der Waals surface area contributed by atoms with Crippen molar-refractivity contribution in [1.29, 1.82) is 0 Å². The van der Waals surface area contributed by atoms with Gasteiger partial charge in [-0.1, -0.05) is 59.1 Å². The largest absolute Gasteiger partial charge is 0.462 e. The number of fused-ring (bicyclic) bond motifs is 2. The lowest BCUT2D eigenvalue weighted by molar-refractivity contribution is -0.177. The molecule has 2 heteroatoms. The molecule has 0 saturated heterocycles. The van der Waals surface area contributed by atoms with Crippen LogP contribution in [0.5, 0.6) is 0 Å². The van der Waals surface area contributed by atoms with E-state index >= 15 is 0 Å². The fourth-order valence-corrected chi connectivity index (χ4v) is 11.1. The second-order valence-corrected chi connectivity index (χ2v) is 14.9. The molecule has 0 radical (unpaired) electrons. The molecule has 7 atom stereocenters. The number of esters is 1. The predicted molar refractivity (Wildman–Crippen MR) is 140 cm³/mol. The van der Waals surface area contributed by atoms with E-state index in [0.29, 0.717) is 21.7 Å². The van der Waals surface area contributed by atoms with Crippen LogP contribution in [0.2, 0.25) is 0 Å². The summed E-state index contributed by atoms with van der Waals surface area (Å²) in [6.45, 7) is 19.0. The monoisotopic (exact) mass is 468 g/mol. The summed E-state index contributed by atoms with van der Waals surface area (Å²) in [6, 6.07) is 0. The molecular weight excluding hydrogens is 416 g/mol. The number of hydrogen-bond acceptors (Lipinski definition) is 2. The Morgan fingerprint density at radius 2 is 1.62 bits per heavy atom. The van der Waals surface area contributed by atoms with Gasteiger partial charge in [-0.2, -0.15) is 0 Å². The van der Waals surface area contributed by atoms with Gasteiger partial charge in [0.05, 0.1) is 0 Å². The Labute approximate surface area is 210 Å². The fourth-order valence-electron chi connectivity index (χ4n) is 11.1. The van der Waals surface area contributed by atoms with Crippen molar-refractivity contribution >= 4 is 5.97 Å². The van der Waals surface area contributed by atoms with Gasteiger partial charge in [-0.05, 0) is 117 Å². The molecule has 0 aromatic rings. The van der Waals surface area contributed by atoms with Crippen LogP contribution < -0.4 is 0 Å². The van der Waals surface area contributed by atoms with Gasteiger partial charge in [0.2, 0.25) is 0 Å². The van der Waals surface area contributed by atoms with Crippen molar-refractivity contribution < 1.29 is 9.53 Å². The number of allylic oxidation sites excluding steroid dienone is 2. The Morgan fingerprint density at radius 1 is 0.941 bits per heavy atom. The number of carbonyl (C=O) groups excluding carboxylic acids is 1. The number of hydrogen-bond donors (Lipinski definition) is 0. The van der Waals surface area contributed by atoms with Gasteiger partial charge < -0.3 is 4.74 Å². The van der Waals surface area contributed by atoms with Crippen LogP contribution in [0, 0.1) is 44.8 Å². The molecule has 5 fully saturated rings. The topological polar surface area (TPSA) is 26.3 Å². The van der Waals surface area contributed by atoms with Crippen LogP contribution in [0.15, 0.2) is 11.1 Å². The third-order valence-corrected chi connectivity index (χ3v) is 13.0. The zero-order valence-corrected chi connectivity index (χ0v) is 23.6. The molecule has 0 bridgehead atoms. The summed E-state index contributed by atoms with van der Waals surface area (Å²) in [6.07, 6.45) is 16.3. The molecule has 5 aliphatic carbocycles. The number of rotatable bonds is 5. The first-order chi connectivity index (χ1) is 15.8. The van der Waals surface area contributed by atoms with E-state index in [4.69, 9.17) is 4.74 Å². The first-order valence-corrected chi connectivity index (χ1v) is 14.7. The van der Waals surface area contributed by atoms with E-state index in [2.05, 4.69) is 48.5 Å². The van der Waals surface area contributed by atoms with E-state index in [1.165, 1.54) is 70.6 Å². The Hall–Kier alpha value is -0.790. The van der Waals surface area contributed by atoms with E-state index in [0.717, 1.165) is 24.2 Å². The molecule has 0 heterocycles. The standard InChI is InChI=1S/C32H52O2/c1-21(2)10-9-11-22(3)24-14-16-30(8)26-13-12-25-28(5,6)27(34-23(4)33)15-17-31(25)20-32(26,31)19-18-29(24,30)7/h21,25-27H,9-20H2,1-8H3/b24-22+/t25?,26?,27-,29+,30-,31+,32-/m0/s1. The summed E-state index contributed by atoms with van der Waals surface area (Å²) in [5, 5.41) is 0. The highest BCUT2D eigenvalue weighted by molar-refractivity contribution is 5.66. The molecule has 2 unspecified atom stereocenters. The van der Waals surface area contributed by atoms with Crippen LogP contribution in [0.4, 0.5) is 0 Å². The molecule has 5 rings (SSSR count). The van der Waals surface area contributed by atoms with Crippen molar-refractivity contribution in [2.45, 2.75) is 139 Å².